The van der Waals surface area contributed by atoms with Crippen molar-refractivity contribution in [2.75, 3.05) is 44.8 Å². The lowest BCUT2D eigenvalue weighted by molar-refractivity contribution is -0.149. The van der Waals surface area contributed by atoms with Gasteiger partial charge >= 0.3 is 12.0 Å². The third-order valence-electron chi connectivity index (χ3n) is 6.39. The quantitative estimate of drug-likeness (QED) is 0.154. The molecule has 0 saturated heterocycles. The molecule has 0 aromatic heterocycles. The van der Waals surface area contributed by atoms with E-state index in [0.29, 0.717) is 50.1 Å². The molecule has 9 nitrogen and oxygen atoms in total. The van der Waals surface area contributed by atoms with Gasteiger partial charge in [0.15, 0.2) is 6.10 Å². The maximum absolute atomic E-state index is 13.2. The van der Waals surface area contributed by atoms with Gasteiger partial charge in [0.1, 0.15) is 23.9 Å². The van der Waals surface area contributed by atoms with E-state index in [-0.39, 0.29) is 19.1 Å². The van der Waals surface area contributed by atoms with Gasteiger partial charge in [0.05, 0.1) is 13.2 Å². The Morgan fingerprint density at radius 3 is 2.14 bits per heavy atom. The Kier molecular flexibility index (Phi) is 14.2. The lowest BCUT2D eigenvalue weighted by Gasteiger charge is -2.23. The fourth-order valence-electron chi connectivity index (χ4n) is 4.11. The van der Waals surface area contributed by atoms with Crippen molar-refractivity contribution >= 4 is 17.7 Å². The zero-order valence-electron chi connectivity index (χ0n) is 24.5. The Labute approximate surface area is 248 Å². The molecule has 3 aromatic rings. The largest absolute Gasteiger partial charge is 0.492 e. The predicted molar refractivity (Wildman–Crippen MR) is 163 cm³/mol. The summed E-state index contributed by atoms with van der Waals surface area (Å²) < 4.78 is 22.8. The van der Waals surface area contributed by atoms with Crippen LogP contribution in [0.5, 0.6) is 17.2 Å². The van der Waals surface area contributed by atoms with E-state index < -0.39 is 12.1 Å². The number of carboxylic acids is 1. The summed E-state index contributed by atoms with van der Waals surface area (Å²) in [5.74, 6) is 1.06. The summed E-state index contributed by atoms with van der Waals surface area (Å²) in [5, 5.41) is 12.3. The Balaban J connectivity index is 1.53. The number of nitrogens with zero attached hydrogens (tertiary/aromatic N) is 1. The minimum Gasteiger partial charge on any atom is -0.492 e. The number of aliphatic carboxylic acids is 1. The zero-order chi connectivity index (χ0) is 30.0. The summed E-state index contributed by atoms with van der Waals surface area (Å²) in [6, 6.07) is 23.7. The van der Waals surface area contributed by atoms with Gasteiger partial charge in [-0.2, -0.15) is 0 Å². The minimum absolute atomic E-state index is 0.251. The van der Waals surface area contributed by atoms with Crippen LogP contribution in [0.15, 0.2) is 78.9 Å². The molecule has 1 atom stereocenters. The first-order chi connectivity index (χ1) is 20.5. The van der Waals surface area contributed by atoms with Crippen LogP contribution in [-0.2, 0) is 20.7 Å². The van der Waals surface area contributed by atoms with Crippen molar-refractivity contribution in [2.45, 2.75) is 45.6 Å². The molecule has 0 saturated carbocycles. The van der Waals surface area contributed by atoms with E-state index >= 15 is 0 Å². The van der Waals surface area contributed by atoms with Gasteiger partial charge < -0.3 is 34.3 Å². The van der Waals surface area contributed by atoms with Gasteiger partial charge in [0, 0.05) is 31.9 Å². The summed E-state index contributed by atoms with van der Waals surface area (Å²) in [6.45, 7) is 6.40. The van der Waals surface area contributed by atoms with Crippen LogP contribution in [0.2, 0.25) is 0 Å². The molecule has 226 valence electrons. The van der Waals surface area contributed by atoms with E-state index in [1.807, 2.05) is 54.6 Å². The van der Waals surface area contributed by atoms with Crippen LogP contribution in [0.1, 0.15) is 38.7 Å². The van der Waals surface area contributed by atoms with Gasteiger partial charge in [-0.25, -0.2) is 9.59 Å². The second kappa shape index (κ2) is 18.4. The Morgan fingerprint density at radius 1 is 0.810 bits per heavy atom. The van der Waals surface area contributed by atoms with E-state index in [1.54, 1.807) is 36.1 Å². The molecule has 42 heavy (non-hydrogen) atoms. The standard InChI is InChI=1S/C33H42N2O7/c1-3-5-9-22-39-23-20-35(21-24-41-28-16-12-26(13-17-28)25-31(32(36)37)40-4-2)33(38)34-27-14-18-30(19-15-27)42-29-10-7-6-8-11-29/h6-8,10-19,31H,3-5,9,20-25H2,1-2H3,(H,34,38)(H,36,37). The fraction of sp³-hybridized carbons (Fsp3) is 0.394. The second-order valence-corrected chi connectivity index (χ2v) is 9.65. The number of hydrogen-bond acceptors (Lipinski definition) is 6. The van der Waals surface area contributed by atoms with Crippen LogP contribution < -0.4 is 14.8 Å². The lowest BCUT2D eigenvalue weighted by Crippen LogP contribution is -2.40. The first-order valence-corrected chi connectivity index (χ1v) is 14.5. The van der Waals surface area contributed by atoms with E-state index in [9.17, 15) is 14.7 Å². The number of rotatable bonds is 19. The third kappa shape index (κ3) is 11.8. The minimum atomic E-state index is -0.985. The average Bonchev–Trinajstić information content (AvgIpc) is 3.00. The maximum atomic E-state index is 13.2. The Morgan fingerprint density at radius 2 is 1.48 bits per heavy atom. The number of benzene rings is 3. The molecule has 0 heterocycles. The molecule has 0 bridgehead atoms. The molecule has 0 aliphatic rings. The first-order valence-electron chi connectivity index (χ1n) is 14.5. The summed E-state index contributed by atoms with van der Waals surface area (Å²) in [6.07, 6.45) is 2.62. The SMILES string of the molecule is CCCCCOCCN(CCOc1ccc(CC(OCC)C(=O)O)cc1)C(=O)Nc1ccc(Oc2ccccc2)cc1. The molecule has 2 N–H and O–H groups in total. The van der Waals surface area contributed by atoms with Gasteiger partial charge in [0.25, 0.3) is 0 Å². The highest BCUT2D eigenvalue weighted by molar-refractivity contribution is 5.89. The number of anilines is 1. The number of unbranched alkanes of at least 4 members (excludes halogenated alkanes) is 2. The van der Waals surface area contributed by atoms with Crippen LogP contribution in [0.25, 0.3) is 0 Å². The van der Waals surface area contributed by atoms with Crippen LogP contribution in [-0.4, -0.2) is 67.6 Å². The number of hydrogen-bond donors (Lipinski definition) is 2. The number of nitrogens with one attached hydrogen (secondary N) is 1. The third-order valence-corrected chi connectivity index (χ3v) is 6.39. The molecule has 0 aliphatic heterocycles. The molecular formula is C33H42N2O7. The smallest absolute Gasteiger partial charge is 0.333 e. The van der Waals surface area contributed by atoms with Gasteiger partial charge in [-0.1, -0.05) is 50.1 Å². The molecule has 1 unspecified atom stereocenters. The fourth-order valence-corrected chi connectivity index (χ4v) is 4.11. The maximum Gasteiger partial charge on any atom is 0.333 e. The molecule has 2 amide bonds. The van der Waals surface area contributed by atoms with Crippen molar-refractivity contribution in [2.24, 2.45) is 0 Å². The number of carboxylic acid groups (broad SMARTS) is 1. The summed E-state index contributed by atoms with van der Waals surface area (Å²) >= 11 is 0. The molecule has 3 aromatic carbocycles. The van der Waals surface area contributed by atoms with Crippen molar-refractivity contribution in [3.63, 3.8) is 0 Å². The normalized spacial score (nSPS) is 11.5. The van der Waals surface area contributed by atoms with Crippen LogP contribution >= 0.6 is 0 Å². The van der Waals surface area contributed by atoms with Gasteiger partial charge in [-0.3, -0.25) is 0 Å². The van der Waals surface area contributed by atoms with Gasteiger partial charge in [-0.05, 0) is 67.4 Å². The van der Waals surface area contributed by atoms with Crippen molar-refractivity contribution in [1.29, 1.82) is 0 Å². The Bertz CT molecular complexity index is 1190. The molecule has 0 aliphatic carbocycles. The summed E-state index contributed by atoms with van der Waals surface area (Å²) in [5.41, 5.74) is 1.49. The zero-order valence-corrected chi connectivity index (χ0v) is 24.5. The number of carbonyl (C=O) groups excluding carboxylic acids is 1. The topological polar surface area (TPSA) is 107 Å². The van der Waals surface area contributed by atoms with E-state index in [2.05, 4.69) is 12.2 Å². The van der Waals surface area contributed by atoms with E-state index in [4.69, 9.17) is 18.9 Å². The molecular weight excluding hydrogens is 536 g/mol. The van der Waals surface area contributed by atoms with Crippen LogP contribution in [0.3, 0.4) is 0 Å². The van der Waals surface area contributed by atoms with Crippen molar-refractivity contribution in [3.8, 4) is 17.2 Å². The summed E-state index contributed by atoms with van der Waals surface area (Å²) in [7, 11) is 0. The highest BCUT2D eigenvalue weighted by Crippen LogP contribution is 2.23. The highest BCUT2D eigenvalue weighted by Gasteiger charge is 2.18. The molecule has 0 spiro atoms. The van der Waals surface area contributed by atoms with Crippen molar-refractivity contribution < 1.29 is 33.6 Å². The van der Waals surface area contributed by atoms with E-state index in [1.165, 1.54) is 0 Å². The Hall–Kier alpha value is -4.08. The number of urea groups is 1. The molecule has 9 heteroatoms. The molecule has 0 radical (unpaired) electrons. The average molecular weight is 579 g/mol. The highest BCUT2D eigenvalue weighted by atomic mass is 16.5. The van der Waals surface area contributed by atoms with Crippen LogP contribution in [0.4, 0.5) is 10.5 Å². The van der Waals surface area contributed by atoms with Crippen LogP contribution in [0, 0.1) is 0 Å². The number of carbonyl (C=O) groups is 2. The van der Waals surface area contributed by atoms with Gasteiger partial charge in [-0.15, -0.1) is 0 Å². The predicted octanol–water partition coefficient (Wildman–Crippen LogP) is 6.63. The van der Waals surface area contributed by atoms with E-state index in [0.717, 1.165) is 30.6 Å². The molecule has 0 fully saturated rings. The van der Waals surface area contributed by atoms with Gasteiger partial charge in [0.2, 0.25) is 0 Å². The monoisotopic (exact) mass is 578 g/mol. The second-order valence-electron chi connectivity index (χ2n) is 9.65. The van der Waals surface area contributed by atoms with Crippen molar-refractivity contribution in [3.05, 3.63) is 84.4 Å². The number of para-hydroxylation sites is 1. The number of ether oxygens (including phenoxy) is 4. The lowest BCUT2D eigenvalue weighted by atomic mass is 10.1. The first kappa shape index (κ1) is 32.4. The summed E-state index contributed by atoms with van der Waals surface area (Å²) in [4.78, 5) is 26.2. The van der Waals surface area contributed by atoms with Crippen molar-refractivity contribution in [1.82, 2.24) is 4.90 Å². The molecule has 3 rings (SSSR count). The number of amides is 2.